The molecule has 1 aliphatic heterocycles. The van der Waals surface area contributed by atoms with Gasteiger partial charge in [-0.15, -0.1) is 10.2 Å². The fourth-order valence-electron chi connectivity index (χ4n) is 2.79. The number of nitrogens with zero attached hydrogens (tertiary/aromatic N) is 5. The van der Waals surface area contributed by atoms with Gasteiger partial charge in [-0.25, -0.2) is 13.5 Å². The van der Waals surface area contributed by atoms with Crippen LogP contribution in [0.4, 0.5) is 14.5 Å². The van der Waals surface area contributed by atoms with E-state index in [0.29, 0.717) is 5.13 Å². The van der Waals surface area contributed by atoms with Crippen LogP contribution >= 0.6 is 27.3 Å². The number of piperazine rings is 1. The molecule has 0 bridgehead atoms. The van der Waals surface area contributed by atoms with Gasteiger partial charge in [-0.3, -0.25) is 0 Å². The zero-order chi connectivity index (χ0) is 16.7. The first kappa shape index (κ1) is 15.9. The van der Waals surface area contributed by atoms with Crippen LogP contribution in [-0.4, -0.2) is 46.2 Å². The van der Waals surface area contributed by atoms with Crippen LogP contribution in [0.2, 0.25) is 0 Å². The summed E-state index contributed by atoms with van der Waals surface area (Å²) in [6.07, 6.45) is -0.871. The molecule has 0 unspecified atom stereocenters. The minimum Gasteiger partial charge on any atom is -0.368 e. The maximum Gasteiger partial charge on any atom is 0.291 e. The average molecular weight is 415 g/mol. The Morgan fingerprint density at radius 2 is 2.00 bits per heavy atom. The van der Waals surface area contributed by atoms with Gasteiger partial charge in [-0.05, 0) is 12.1 Å². The van der Waals surface area contributed by atoms with Crippen LogP contribution in [0.5, 0.6) is 0 Å². The van der Waals surface area contributed by atoms with Gasteiger partial charge in [-0.1, -0.05) is 27.3 Å². The average Bonchev–Trinajstić information content (AvgIpc) is 3.21. The van der Waals surface area contributed by atoms with Crippen molar-refractivity contribution in [1.29, 1.82) is 0 Å². The standard InChI is InChI=1S/C14H13BrF2N6S/c15-8-5-10(22-3-1-18-2-4-22)9-7-19-23(11(9)6-8)14-21-20-13(24-14)12(16)17/h5-7,12,18H,1-4H2. The second-order valence-electron chi connectivity index (χ2n) is 5.37. The van der Waals surface area contributed by atoms with E-state index in [0.717, 1.165) is 58.6 Å². The van der Waals surface area contributed by atoms with Crippen LogP contribution in [-0.2, 0) is 0 Å². The van der Waals surface area contributed by atoms with E-state index in [2.05, 4.69) is 47.5 Å². The molecule has 24 heavy (non-hydrogen) atoms. The number of nitrogens with one attached hydrogen (secondary N) is 1. The Bertz CT molecular complexity index is 873. The summed E-state index contributed by atoms with van der Waals surface area (Å²) in [7, 11) is 0. The number of anilines is 1. The highest BCUT2D eigenvalue weighted by molar-refractivity contribution is 9.10. The number of aromatic nitrogens is 4. The van der Waals surface area contributed by atoms with E-state index in [4.69, 9.17) is 0 Å². The zero-order valence-corrected chi connectivity index (χ0v) is 14.8. The van der Waals surface area contributed by atoms with E-state index in [1.807, 2.05) is 6.07 Å². The lowest BCUT2D eigenvalue weighted by atomic mass is 10.2. The zero-order valence-electron chi connectivity index (χ0n) is 12.4. The van der Waals surface area contributed by atoms with Gasteiger partial charge >= 0.3 is 0 Å². The Morgan fingerprint density at radius 3 is 2.71 bits per heavy atom. The molecular weight excluding hydrogens is 402 g/mol. The number of alkyl halides is 2. The van der Waals surface area contributed by atoms with Crippen molar-refractivity contribution in [2.24, 2.45) is 0 Å². The first-order valence-corrected chi connectivity index (χ1v) is 8.99. The van der Waals surface area contributed by atoms with E-state index >= 15 is 0 Å². The molecule has 3 heterocycles. The number of fused-ring (bicyclic) bond motifs is 1. The lowest BCUT2D eigenvalue weighted by Crippen LogP contribution is -2.43. The summed E-state index contributed by atoms with van der Waals surface area (Å²) in [5.41, 5.74) is 1.89. The molecule has 0 atom stereocenters. The quantitative estimate of drug-likeness (QED) is 0.713. The third-order valence-corrected chi connectivity index (χ3v) is 5.25. The molecule has 0 spiro atoms. The third kappa shape index (κ3) is 2.78. The fraction of sp³-hybridized carbons (Fsp3) is 0.357. The molecular formula is C14H13BrF2N6S. The number of hydrogen-bond acceptors (Lipinski definition) is 6. The number of rotatable bonds is 3. The lowest BCUT2D eigenvalue weighted by molar-refractivity contribution is 0.150. The van der Waals surface area contributed by atoms with E-state index in [9.17, 15) is 8.78 Å². The van der Waals surface area contributed by atoms with Gasteiger partial charge in [0, 0.05) is 41.7 Å². The normalized spacial score (nSPS) is 15.6. The molecule has 0 saturated carbocycles. The van der Waals surface area contributed by atoms with Crippen molar-refractivity contribution in [3.05, 3.63) is 27.8 Å². The van der Waals surface area contributed by atoms with Crippen molar-refractivity contribution in [2.75, 3.05) is 31.1 Å². The Hall–Kier alpha value is -1.65. The van der Waals surface area contributed by atoms with E-state index in [1.54, 1.807) is 10.9 Å². The number of hydrogen-bond donors (Lipinski definition) is 1. The topological polar surface area (TPSA) is 58.9 Å². The molecule has 3 aromatic rings. The molecule has 0 radical (unpaired) electrons. The Morgan fingerprint density at radius 1 is 1.21 bits per heavy atom. The summed E-state index contributed by atoms with van der Waals surface area (Å²) in [6.45, 7) is 3.67. The van der Waals surface area contributed by atoms with E-state index in [-0.39, 0.29) is 5.01 Å². The monoisotopic (exact) mass is 414 g/mol. The van der Waals surface area contributed by atoms with Crippen LogP contribution in [0.15, 0.2) is 22.8 Å². The first-order chi connectivity index (χ1) is 11.6. The number of benzene rings is 1. The third-order valence-electron chi connectivity index (χ3n) is 3.89. The summed E-state index contributed by atoms with van der Waals surface area (Å²) in [4.78, 5) is 2.29. The smallest absolute Gasteiger partial charge is 0.291 e. The van der Waals surface area contributed by atoms with Gasteiger partial charge in [0.25, 0.3) is 6.43 Å². The molecule has 0 aliphatic carbocycles. The predicted molar refractivity (Wildman–Crippen MR) is 92.3 cm³/mol. The summed E-state index contributed by atoms with van der Waals surface area (Å²) in [6, 6.07) is 3.97. The number of halogens is 3. The maximum absolute atomic E-state index is 12.8. The van der Waals surface area contributed by atoms with E-state index in [1.165, 1.54) is 0 Å². The molecule has 1 saturated heterocycles. The Balaban J connectivity index is 1.82. The lowest BCUT2D eigenvalue weighted by Gasteiger charge is -2.30. The Labute approximate surface area is 148 Å². The van der Waals surface area contributed by atoms with Crippen molar-refractivity contribution >= 4 is 43.9 Å². The van der Waals surface area contributed by atoms with Crippen molar-refractivity contribution in [1.82, 2.24) is 25.3 Å². The van der Waals surface area contributed by atoms with Gasteiger partial charge in [-0.2, -0.15) is 5.10 Å². The van der Waals surface area contributed by atoms with Gasteiger partial charge < -0.3 is 10.2 Å². The minimum atomic E-state index is -2.62. The highest BCUT2D eigenvalue weighted by Gasteiger charge is 2.20. The van der Waals surface area contributed by atoms with Crippen molar-refractivity contribution in [3.63, 3.8) is 0 Å². The minimum absolute atomic E-state index is 0.300. The van der Waals surface area contributed by atoms with Crippen molar-refractivity contribution in [2.45, 2.75) is 6.43 Å². The molecule has 0 amide bonds. The molecule has 126 valence electrons. The molecule has 1 aromatic carbocycles. The summed E-state index contributed by atoms with van der Waals surface area (Å²) >= 11 is 4.38. The molecule has 1 fully saturated rings. The largest absolute Gasteiger partial charge is 0.368 e. The second-order valence-corrected chi connectivity index (χ2v) is 7.28. The molecule has 4 rings (SSSR count). The molecule has 2 aromatic heterocycles. The van der Waals surface area contributed by atoms with Gasteiger partial charge in [0.1, 0.15) is 0 Å². The van der Waals surface area contributed by atoms with Crippen LogP contribution in [0.25, 0.3) is 16.0 Å². The van der Waals surface area contributed by atoms with Gasteiger partial charge in [0.05, 0.1) is 11.7 Å². The molecule has 1 N–H and O–H groups in total. The van der Waals surface area contributed by atoms with E-state index < -0.39 is 6.43 Å². The molecule has 10 heteroatoms. The highest BCUT2D eigenvalue weighted by Crippen LogP contribution is 2.33. The van der Waals surface area contributed by atoms with Crippen LogP contribution < -0.4 is 10.2 Å². The van der Waals surface area contributed by atoms with Gasteiger partial charge in [0.2, 0.25) is 5.13 Å². The second kappa shape index (κ2) is 6.34. The van der Waals surface area contributed by atoms with Gasteiger partial charge in [0.15, 0.2) is 5.01 Å². The molecule has 6 nitrogen and oxygen atoms in total. The summed E-state index contributed by atoms with van der Waals surface area (Å²) in [5.74, 6) is 0. The first-order valence-electron chi connectivity index (χ1n) is 7.38. The predicted octanol–water partition coefficient (Wildman–Crippen LogP) is 2.99. The fourth-order valence-corrected chi connectivity index (χ4v) is 3.90. The molecule has 1 aliphatic rings. The van der Waals surface area contributed by atoms with Crippen molar-refractivity contribution < 1.29 is 8.78 Å². The van der Waals surface area contributed by atoms with Crippen LogP contribution in [0.1, 0.15) is 11.4 Å². The SMILES string of the molecule is FC(F)c1nnc(-n2ncc3c(N4CCNCC4)cc(Br)cc32)s1. The maximum atomic E-state index is 12.8. The van der Waals surface area contributed by atoms with Crippen LogP contribution in [0, 0.1) is 0 Å². The van der Waals surface area contributed by atoms with Crippen molar-refractivity contribution in [3.8, 4) is 5.13 Å². The highest BCUT2D eigenvalue weighted by atomic mass is 79.9. The Kier molecular flexibility index (Phi) is 4.19. The summed E-state index contributed by atoms with van der Waals surface area (Å²) in [5, 5.41) is 16.1. The summed E-state index contributed by atoms with van der Waals surface area (Å²) < 4.78 is 28.0. The van der Waals surface area contributed by atoms with Crippen LogP contribution in [0.3, 0.4) is 0 Å².